The lowest BCUT2D eigenvalue weighted by atomic mass is 10.1. The Hall–Kier alpha value is -0.543. The molecule has 1 fully saturated rings. The van der Waals surface area contributed by atoms with Crippen LogP contribution in [-0.4, -0.2) is 19.5 Å². The van der Waals surface area contributed by atoms with Crippen LogP contribution < -0.4 is 0 Å². The summed E-state index contributed by atoms with van der Waals surface area (Å²) in [6.45, 7) is 7.20. The Kier molecular flexibility index (Phi) is 5.91. The Morgan fingerprint density at radius 2 is 1.70 bits per heavy atom. The maximum atomic E-state index is 4.88. The molecule has 0 aliphatic heterocycles. The lowest BCUT2D eigenvalue weighted by Crippen LogP contribution is -2.14. The maximum Gasteiger partial charge on any atom is 0.114 e. The fraction of sp³-hybridized carbons (Fsp3) is 0.588. The highest BCUT2D eigenvalue weighted by Gasteiger charge is 2.16. The van der Waals surface area contributed by atoms with Gasteiger partial charge in [0.25, 0.3) is 0 Å². The zero-order valence-corrected chi connectivity index (χ0v) is 14.9. The van der Waals surface area contributed by atoms with Crippen molar-refractivity contribution in [3.05, 3.63) is 29.8 Å². The van der Waals surface area contributed by atoms with E-state index >= 15 is 0 Å². The molecule has 0 atom stereocenters. The third-order valence-corrected chi connectivity index (χ3v) is 7.29. The number of nitrogens with zero attached hydrogens (tertiary/aromatic N) is 1. The van der Waals surface area contributed by atoms with Gasteiger partial charge in [-0.15, -0.1) is 0 Å². The van der Waals surface area contributed by atoms with E-state index in [1.807, 2.05) is 0 Å². The number of aliphatic imine (C=N–C) groups is 1. The van der Waals surface area contributed by atoms with Crippen molar-refractivity contribution in [2.24, 2.45) is 4.99 Å². The minimum atomic E-state index is -1.15. The zero-order chi connectivity index (χ0) is 14.4. The van der Waals surface area contributed by atoms with Crippen molar-refractivity contribution in [1.82, 2.24) is 0 Å². The minimum absolute atomic E-state index is 0.558. The number of hydrogen-bond donors (Lipinski definition) is 0. The van der Waals surface area contributed by atoms with E-state index in [1.54, 1.807) is 0 Å². The van der Waals surface area contributed by atoms with Gasteiger partial charge in [0.2, 0.25) is 0 Å². The molecule has 110 valence electrons. The summed E-state index contributed by atoms with van der Waals surface area (Å²) in [7, 11) is -1.15. The fourth-order valence-electron chi connectivity index (χ4n) is 2.60. The van der Waals surface area contributed by atoms with Gasteiger partial charge >= 0.3 is 0 Å². The molecule has 0 heterocycles. The van der Waals surface area contributed by atoms with Crippen LogP contribution in [0.4, 0.5) is 0 Å². The van der Waals surface area contributed by atoms with Gasteiger partial charge < -0.3 is 0 Å². The highest BCUT2D eigenvalue weighted by molar-refractivity contribution is 8.28. The van der Waals surface area contributed by atoms with E-state index in [4.69, 9.17) is 4.99 Å². The summed E-state index contributed by atoms with van der Waals surface area (Å²) in [5.74, 6) is 0. The molecule has 20 heavy (non-hydrogen) atoms. The van der Waals surface area contributed by atoms with Crippen molar-refractivity contribution in [2.75, 3.05) is 0 Å². The van der Waals surface area contributed by atoms with Crippen molar-refractivity contribution in [3.8, 4) is 0 Å². The second-order valence-corrected chi connectivity index (χ2v) is 15.8. The molecule has 1 saturated carbocycles. The third-order valence-electron chi connectivity index (χ3n) is 3.58. The lowest BCUT2D eigenvalue weighted by Gasteiger charge is -2.17. The van der Waals surface area contributed by atoms with E-state index in [-0.39, 0.29) is 0 Å². The van der Waals surface area contributed by atoms with Crippen LogP contribution in [0.2, 0.25) is 19.6 Å². The first kappa shape index (κ1) is 15.8. The van der Waals surface area contributed by atoms with E-state index in [0.717, 1.165) is 0 Å². The molecular weight excluding hydrogens is 278 g/mol. The van der Waals surface area contributed by atoms with Gasteiger partial charge in [0, 0.05) is 22.7 Å². The molecule has 1 aliphatic rings. The van der Waals surface area contributed by atoms with Gasteiger partial charge in [0.05, 0.1) is 0 Å². The summed E-state index contributed by atoms with van der Waals surface area (Å²) in [5, 5.41) is 0. The first-order valence-electron chi connectivity index (χ1n) is 7.86. The third kappa shape index (κ3) is 5.45. The van der Waals surface area contributed by atoms with Crippen molar-refractivity contribution in [2.45, 2.75) is 69.1 Å². The van der Waals surface area contributed by atoms with Gasteiger partial charge in [0.15, 0.2) is 0 Å². The van der Waals surface area contributed by atoms with Crippen molar-refractivity contribution in [1.29, 1.82) is 0 Å². The summed E-state index contributed by atoms with van der Waals surface area (Å²) in [6.07, 6.45) is 10.2. The lowest BCUT2D eigenvalue weighted by molar-refractivity contribution is 0.588. The molecule has 0 radical (unpaired) electrons. The maximum absolute atomic E-state index is 4.88. The summed E-state index contributed by atoms with van der Waals surface area (Å²) < 4.78 is 0. The minimum Gasteiger partial charge on any atom is -0.289 e. The predicted molar refractivity (Wildman–Crippen MR) is 94.7 cm³/mol. The van der Waals surface area contributed by atoms with Gasteiger partial charge in [-0.05, 0) is 18.9 Å². The molecule has 0 aromatic heterocycles. The molecule has 3 heteroatoms. The Labute approximate surface area is 128 Å². The van der Waals surface area contributed by atoms with E-state index in [9.17, 15) is 0 Å². The Bertz CT molecular complexity index is 443. The van der Waals surface area contributed by atoms with Gasteiger partial charge in [-0.1, -0.05) is 63.5 Å². The van der Waals surface area contributed by atoms with Crippen LogP contribution in [0.1, 0.15) is 44.1 Å². The summed E-state index contributed by atoms with van der Waals surface area (Å²) in [6, 6.07) is 9.29. The molecule has 0 unspecified atom stereocenters. The van der Waals surface area contributed by atoms with E-state index in [1.165, 1.54) is 49.0 Å². The SMILES string of the molecule is C[Si](C)(C)Sc1ccccc1/C=N\C1CCCCCC1. The largest absolute Gasteiger partial charge is 0.289 e. The second kappa shape index (κ2) is 7.46. The summed E-state index contributed by atoms with van der Waals surface area (Å²) in [4.78, 5) is 6.29. The van der Waals surface area contributed by atoms with Gasteiger partial charge in [-0.3, -0.25) is 4.99 Å². The molecule has 0 spiro atoms. The van der Waals surface area contributed by atoms with Gasteiger partial charge in [0.1, 0.15) is 7.22 Å². The molecule has 0 saturated heterocycles. The predicted octanol–water partition coefficient (Wildman–Crippen LogP) is 5.76. The van der Waals surface area contributed by atoms with E-state index in [0.29, 0.717) is 6.04 Å². The zero-order valence-electron chi connectivity index (χ0n) is 13.1. The fourth-order valence-corrected chi connectivity index (χ4v) is 6.18. The first-order chi connectivity index (χ1) is 9.54. The summed E-state index contributed by atoms with van der Waals surface area (Å²) in [5.41, 5.74) is 1.31. The standard InChI is InChI=1S/C17H27NSSi/c1-20(2,3)19-17-13-9-8-10-15(17)14-18-16-11-6-4-5-7-12-16/h8-10,13-14,16H,4-7,11-12H2,1-3H3/b18-14-. The quantitative estimate of drug-likeness (QED) is 0.391. The van der Waals surface area contributed by atoms with Crippen LogP contribution in [0.3, 0.4) is 0 Å². The molecule has 1 aromatic rings. The summed E-state index contributed by atoms with van der Waals surface area (Å²) >= 11 is 2.07. The Balaban J connectivity index is 2.08. The average molecular weight is 306 g/mol. The van der Waals surface area contributed by atoms with E-state index < -0.39 is 7.22 Å². The Morgan fingerprint density at radius 1 is 1.05 bits per heavy atom. The van der Waals surface area contributed by atoms with Crippen molar-refractivity contribution in [3.63, 3.8) is 0 Å². The topological polar surface area (TPSA) is 12.4 Å². The highest BCUT2D eigenvalue weighted by atomic mass is 32.4. The van der Waals surface area contributed by atoms with E-state index in [2.05, 4.69) is 61.3 Å². The molecule has 0 amide bonds. The molecule has 0 N–H and O–H groups in total. The number of hydrogen-bond acceptors (Lipinski definition) is 2. The van der Waals surface area contributed by atoms with Crippen LogP contribution in [0.5, 0.6) is 0 Å². The smallest absolute Gasteiger partial charge is 0.114 e. The highest BCUT2D eigenvalue weighted by Crippen LogP contribution is 2.31. The molecule has 1 nitrogen and oxygen atoms in total. The van der Waals surface area contributed by atoms with Crippen LogP contribution in [0, 0.1) is 0 Å². The van der Waals surface area contributed by atoms with Crippen LogP contribution >= 0.6 is 11.2 Å². The van der Waals surface area contributed by atoms with Crippen LogP contribution in [0.25, 0.3) is 0 Å². The van der Waals surface area contributed by atoms with Crippen LogP contribution in [0.15, 0.2) is 34.2 Å². The molecule has 2 rings (SSSR count). The molecule has 1 aromatic carbocycles. The van der Waals surface area contributed by atoms with Gasteiger partial charge in [-0.25, -0.2) is 0 Å². The van der Waals surface area contributed by atoms with Crippen molar-refractivity contribution < 1.29 is 0 Å². The normalized spacial score (nSPS) is 18.4. The monoisotopic (exact) mass is 305 g/mol. The number of rotatable bonds is 4. The molecule has 1 aliphatic carbocycles. The van der Waals surface area contributed by atoms with Crippen molar-refractivity contribution >= 4 is 24.6 Å². The van der Waals surface area contributed by atoms with Gasteiger partial charge in [-0.2, -0.15) is 11.2 Å². The number of benzene rings is 1. The Morgan fingerprint density at radius 3 is 2.35 bits per heavy atom. The first-order valence-corrected chi connectivity index (χ1v) is 12.9. The van der Waals surface area contributed by atoms with Crippen LogP contribution in [-0.2, 0) is 0 Å². The molecular formula is C17H27NSSi. The second-order valence-electron chi connectivity index (χ2n) is 6.68. The molecule has 0 bridgehead atoms. The average Bonchev–Trinajstić information content (AvgIpc) is 2.64.